The summed E-state index contributed by atoms with van der Waals surface area (Å²) in [5.41, 5.74) is 2.83. The van der Waals surface area contributed by atoms with Crippen LogP contribution in [0.5, 0.6) is 0 Å². The Bertz CT molecular complexity index is 488. The Kier molecular flexibility index (Phi) is 3.93. The minimum atomic E-state index is -4.10. The quantitative estimate of drug-likeness (QED) is 0.888. The maximum atomic E-state index is 12.3. The zero-order valence-electron chi connectivity index (χ0n) is 12.2. The van der Waals surface area contributed by atoms with Gasteiger partial charge in [0.1, 0.15) is 0 Å². The van der Waals surface area contributed by atoms with Gasteiger partial charge in [-0.1, -0.05) is 13.8 Å². The Labute approximate surface area is 117 Å². The highest BCUT2D eigenvalue weighted by Crippen LogP contribution is 2.42. The number of fused-ring (bicyclic) bond motifs is 1. The minimum absolute atomic E-state index is 0.0149. The number of aliphatic hydroxyl groups excluding tert-OH is 1. The van der Waals surface area contributed by atoms with Crippen molar-refractivity contribution in [3.05, 3.63) is 23.0 Å². The van der Waals surface area contributed by atoms with Gasteiger partial charge in [0.05, 0.1) is 6.10 Å². The molecule has 1 atom stereocenters. The molecule has 0 bridgehead atoms. The zero-order chi connectivity index (χ0) is 15.1. The molecular weight excluding hydrogens is 267 g/mol. The second kappa shape index (κ2) is 5.10. The van der Waals surface area contributed by atoms with Crippen molar-refractivity contribution in [2.24, 2.45) is 5.41 Å². The molecule has 0 radical (unpaired) electrons. The zero-order valence-corrected chi connectivity index (χ0v) is 12.2. The topological polar surface area (TPSA) is 25.2 Å². The average molecular weight is 289 g/mol. The van der Waals surface area contributed by atoms with Gasteiger partial charge in [-0.15, -0.1) is 0 Å². The van der Waals surface area contributed by atoms with Gasteiger partial charge in [0.15, 0.2) is 0 Å². The Morgan fingerprint density at radius 3 is 2.65 bits per heavy atom. The highest BCUT2D eigenvalue weighted by atomic mass is 19.4. The normalized spacial score (nSPS) is 21.9. The third-order valence-electron chi connectivity index (χ3n) is 4.04. The highest BCUT2D eigenvalue weighted by molar-refractivity contribution is 5.33. The summed E-state index contributed by atoms with van der Waals surface area (Å²) in [5, 5.41) is 10.2. The van der Waals surface area contributed by atoms with E-state index in [-0.39, 0.29) is 11.8 Å². The van der Waals surface area contributed by atoms with Crippen LogP contribution in [0, 0.1) is 12.3 Å². The van der Waals surface area contributed by atoms with Crippen LogP contribution in [0.25, 0.3) is 0 Å². The highest BCUT2D eigenvalue weighted by Gasteiger charge is 2.34. The fourth-order valence-electron chi connectivity index (χ4n) is 3.15. The van der Waals surface area contributed by atoms with Gasteiger partial charge in [-0.05, 0) is 37.7 Å². The molecule has 0 fully saturated rings. The van der Waals surface area contributed by atoms with Crippen molar-refractivity contribution in [1.82, 2.24) is 4.57 Å². The van der Waals surface area contributed by atoms with Gasteiger partial charge in [-0.3, -0.25) is 0 Å². The predicted molar refractivity (Wildman–Crippen MR) is 71.5 cm³/mol. The summed E-state index contributed by atoms with van der Waals surface area (Å²) in [4.78, 5) is 0. The van der Waals surface area contributed by atoms with E-state index in [1.54, 1.807) is 0 Å². The van der Waals surface area contributed by atoms with Gasteiger partial charge in [-0.2, -0.15) is 13.2 Å². The summed E-state index contributed by atoms with van der Waals surface area (Å²) in [6, 6.07) is 1.92. The number of halogens is 3. The summed E-state index contributed by atoms with van der Waals surface area (Å²) in [6.07, 6.45) is -3.77. The number of hydrogen-bond donors (Lipinski definition) is 1. The number of rotatable bonds is 3. The molecule has 0 amide bonds. The number of aryl methyl sites for hydroxylation is 1. The van der Waals surface area contributed by atoms with Gasteiger partial charge in [0, 0.05) is 29.9 Å². The molecule has 0 saturated heterocycles. The maximum Gasteiger partial charge on any atom is 0.389 e. The van der Waals surface area contributed by atoms with E-state index in [9.17, 15) is 18.3 Å². The Hall–Kier alpha value is -0.970. The number of alkyl halides is 3. The van der Waals surface area contributed by atoms with Crippen molar-refractivity contribution >= 4 is 0 Å². The molecule has 0 saturated carbocycles. The van der Waals surface area contributed by atoms with Crippen LogP contribution in [0.2, 0.25) is 0 Å². The molecule has 1 aliphatic carbocycles. The van der Waals surface area contributed by atoms with Crippen LogP contribution in [-0.4, -0.2) is 15.8 Å². The Balaban J connectivity index is 2.19. The standard InChI is InChI=1S/C15H22F3NO/c1-10-7-11-12(8-14(2,3)9-13(11)20)19(10)6-4-5-15(16,17)18/h7,13,20H,4-6,8-9H2,1-3H3. The van der Waals surface area contributed by atoms with Crippen molar-refractivity contribution in [2.75, 3.05) is 0 Å². The van der Waals surface area contributed by atoms with Crippen LogP contribution in [0.15, 0.2) is 6.07 Å². The molecule has 2 nitrogen and oxygen atoms in total. The van der Waals surface area contributed by atoms with Crippen molar-refractivity contribution in [3.8, 4) is 0 Å². The molecule has 1 aromatic rings. The van der Waals surface area contributed by atoms with Crippen molar-refractivity contribution < 1.29 is 18.3 Å². The van der Waals surface area contributed by atoms with Crippen LogP contribution in [0.3, 0.4) is 0 Å². The second-order valence-electron chi connectivity index (χ2n) is 6.62. The molecule has 2 rings (SSSR count). The SMILES string of the molecule is Cc1cc2c(n1CCCC(F)(F)F)CC(C)(C)CC2O. The van der Waals surface area contributed by atoms with Crippen LogP contribution in [0.4, 0.5) is 13.2 Å². The smallest absolute Gasteiger partial charge is 0.388 e. The molecule has 114 valence electrons. The Morgan fingerprint density at radius 2 is 2.05 bits per heavy atom. The lowest BCUT2D eigenvalue weighted by Crippen LogP contribution is -2.27. The summed E-state index contributed by atoms with van der Waals surface area (Å²) < 4.78 is 38.7. The van der Waals surface area contributed by atoms with Gasteiger partial charge in [0.2, 0.25) is 0 Å². The molecule has 20 heavy (non-hydrogen) atoms. The summed E-state index contributed by atoms with van der Waals surface area (Å²) in [6.45, 7) is 6.43. The van der Waals surface area contributed by atoms with Crippen molar-refractivity contribution in [1.29, 1.82) is 0 Å². The van der Waals surface area contributed by atoms with Crippen molar-refractivity contribution in [3.63, 3.8) is 0 Å². The van der Waals surface area contributed by atoms with E-state index in [0.29, 0.717) is 13.0 Å². The number of aromatic nitrogens is 1. The maximum absolute atomic E-state index is 12.3. The van der Waals surface area contributed by atoms with E-state index in [1.807, 2.05) is 17.6 Å². The van der Waals surface area contributed by atoms with E-state index < -0.39 is 18.7 Å². The van der Waals surface area contributed by atoms with Gasteiger partial charge in [0.25, 0.3) is 0 Å². The van der Waals surface area contributed by atoms with Gasteiger partial charge < -0.3 is 9.67 Å². The van der Waals surface area contributed by atoms with E-state index in [1.165, 1.54) is 0 Å². The number of nitrogens with zero attached hydrogens (tertiary/aromatic N) is 1. The molecule has 1 aromatic heterocycles. The largest absolute Gasteiger partial charge is 0.389 e. The molecule has 1 N–H and O–H groups in total. The fourth-order valence-corrected chi connectivity index (χ4v) is 3.15. The molecule has 1 heterocycles. The predicted octanol–water partition coefficient (Wildman–Crippen LogP) is 4.14. The number of aliphatic hydroxyl groups is 1. The first-order valence-corrected chi connectivity index (χ1v) is 7.03. The van der Waals surface area contributed by atoms with Crippen molar-refractivity contribution in [2.45, 2.75) is 65.3 Å². The average Bonchev–Trinajstić information content (AvgIpc) is 2.54. The minimum Gasteiger partial charge on any atom is -0.388 e. The first-order valence-electron chi connectivity index (χ1n) is 7.03. The van der Waals surface area contributed by atoms with Crippen LogP contribution >= 0.6 is 0 Å². The molecule has 0 aromatic carbocycles. The lowest BCUT2D eigenvalue weighted by Gasteiger charge is -2.34. The van der Waals surface area contributed by atoms with Gasteiger partial charge in [-0.25, -0.2) is 0 Å². The molecule has 0 spiro atoms. The van der Waals surface area contributed by atoms with Crippen LogP contribution in [-0.2, 0) is 13.0 Å². The summed E-state index contributed by atoms with van der Waals surface area (Å²) in [5.74, 6) is 0. The van der Waals surface area contributed by atoms with E-state index in [0.717, 1.165) is 23.4 Å². The van der Waals surface area contributed by atoms with E-state index >= 15 is 0 Å². The second-order valence-corrected chi connectivity index (χ2v) is 6.62. The number of hydrogen-bond acceptors (Lipinski definition) is 1. The fraction of sp³-hybridized carbons (Fsp3) is 0.733. The van der Waals surface area contributed by atoms with Crippen LogP contribution < -0.4 is 0 Å². The first-order chi connectivity index (χ1) is 9.09. The monoisotopic (exact) mass is 289 g/mol. The molecule has 1 unspecified atom stereocenters. The Morgan fingerprint density at radius 1 is 1.40 bits per heavy atom. The third kappa shape index (κ3) is 3.37. The first kappa shape index (κ1) is 15.4. The third-order valence-corrected chi connectivity index (χ3v) is 4.04. The van der Waals surface area contributed by atoms with Crippen LogP contribution in [0.1, 0.15) is 56.2 Å². The molecule has 0 aliphatic heterocycles. The van der Waals surface area contributed by atoms with E-state index in [4.69, 9.17) is 0 Å². The molecular formula is C15H22F3NO. The van der Waals surface area contributed by atoms with E-state index in [2.05, 4.69) is 13.8 Å². The summed E-state index contributed by atoms with van der Waals surface area (Å²) >= 11 is 0. The molecule has 5 heteroatoms. The van der Waals surface area contributed by atoms with Gasteiger partial charge >= 0.3 is 6.18 Å². The summed E-state index contributed by atoms with van der Waals surface area (Å²) in [7, 11) is 0. The molecule has 1 aliphatic rings. The lowest BCUT2D eigenvalue weighted by molar-refractivity contribution is -0.135. The lowest BCUT2D eigenvalue weighted by atomic mass is 9.75.